The normalized spacial score (nSPS) is 14.1. The molecule has 1 aliphatic carbocycles. The number of carbonyl (C=O) groups excluding carboxylic acids is 1. The van der Waals surface area contributed by atoms with Gasteiger partial charge in [-0.3, -0.25) is 4.79 Å². The van der Waals surface area contributed by atoms with Crippen LogP contribution in [0.4, 0.5) is 0 Å². The van der Waals surface area contributed by atoms with Crippen molar-refractivity contribution in [2.45, 2.75) is 33.1 Å². The third-order valence-electron chi connectivity index (χ3n) is 3.28. The number of hydrogen-bond donors (Lipinski definition) is 0. The van der Waals surface area contributed by atoms with Gasteiger partial charge in [0.1, 0.15) is 0 Å². The highest BCUT2D eigenvalue weighted by atomic mass is 35.5. The standard InChI is InChI=1S/C16H19ClO3/c1-3-19-14-9-11-6-5-7-12(16(17)18)8-13(11)10-15(14)20-4-2/h8-10H,3-7H2,1-2H3. The van der Waals surface area contributed by atoms with Gasteiger partial charge in [-0.15, -0.1) is 0 Å². The van der Waals surface area contributed by atoms with Crippen LogP contribution in [0.5, 0.6) is 11.5 Å². The molecule has 0 heterocycles. The molecule has 108 valence electrons. The Balaban J connectivity index is 2.46. The van der Waals surface area contributed by atoms with Gasteiger partial charge < -0.3 is 9.47 Å². The fraction of sp³-hybridized carbons (Fsp3) is 0.438. The van der Waals surface area contributed by atoms with Gasteiger partial charge >= 0.3 is 0 Å². The number of allylic oxidation sites excluding steroid dienone is 1. The summed E-state index contributed by atoms with van der Waals surface area (Å²) in [4.78, 5) is 11.4. The first-order chi connectivity index (χ1) is 9.65. The summed E-state index contributed by atoms with van der Waals surface area (Å²) in [6, 6.07) is 3.96. The number of carbonyl (C=O) groups is 1. The van der Waals surface area contributed by atoms with E-state index in [1.807, 2.05) is 32.1 Å². The Morgan fingerprint density at radius 2 is 1.80 bits per heavy atom. The Morgan fingerprint density at radius 1 is 1.15 bits per heavy atom. The number of ether oxygens (including phenoxy) is 2. The highest BCUT2D eigenvalue weighted by Gasteiger charge is 2.16. The lowest BCUT2D eigenvalue weighted by Crippen LogP contribution is -2.00. The van der Waals surface area contributed by atoms with Crippen molar-refractivity contribution >= 4 is 22.9 Å². The number of aryl methyl sites for hydroxylation is 1. The maximum atomic E-state index is 11.4. The Kier molecular flexibility index (Phi) is 5.07. The summed E-state index contributed by atoms with van der Waals surface area (Å²) in [5.41, 5.74) is 2.83. The highest BCUT2D eigenvalue weighted by Crippen LogP contribution is 2.35. The largest absolute Gasteiger partial charge is 0.490 e. The molecule has 0 N–H and O–H groups in total. The van der Waals surface area contributed by atoms with Gasteiger partial charge in [0.25, 0.3) is 0 Å². The second-order valence-electron chi connectivity index (χ2n) is 4.66. The predicted octanol–water partition coefficient (Wildman–Crippen LogP) is 3.97. The molecule has 20 heavy (non-hydrogen) atoms. The lowest BCUT2D eigenvalue weighted by Gasteiger charge is -2.14. The molecule has 2 rings (SSSR count). The van der Waals surface area contributed by atoms with Gasteiger partial charge in [-0.1, -0.05) is 0 Å². The summed E-state index contributed by atoms with van der Waals surface area (Å²) in [5, 5.41) is -0.371. The molecule has 1 aromatic carbocycles. The smallest absolute Gasteiger partial charge is 0.248 e. The van der Waals surface area contributed by atoms with E-state index in [1.54, 1.807) is 0 Å². The van der Waals surface area contributed by atoms with Crippen molar-refractivity contribution < 1.29 is 14.3 Å². The molecule has 0 bridgehead atoms. The van der Waals surface area contributed by atoms with Crippen LogP contribution in [-0.2, 0) is 11.2 Å². The second-order valence-corrected chi connectivity index (χ2v) is 5.00. The van der Waals surface area contributed by atoms with Gasteiger partial charge in [0.15, 0.2) is 11.5 Å². The number of halogens is 1. The van der Waals surface area contributed by atoms with Crippen LogP contribution in [-0.4, -0.2) is 18.5 Å². The van der Waals surface area contributed by atoms with Crippen LogP contribution in [0.15, 0.2) is 17.7 Å². The van der Waals surface area contributed by atoms with Crippen LogP contribution in [0.25, 0.3) is 6.08 Å². The van der Waals surface area contributed by atoms with E-state index in [9.17, 15) is 4.79 Å². The number of benzene rings is 1. The van der Waals surface area contributed by atoms with Crippen LogP contribution in [0.1, 0.15) is 37.8 Å². The molecule has 0 aliphatic heterocycles. The monoisotopic (exact) mass is 294 g/mol. The summed E-state index contributed by atoms with van der Waals surface area (Å²) in [7, 11) is 0. The molecule has 0 amide bonds. The summed E-state index contributed by atoms with van der Waals surface area (Å²) >= 11 is 5.61. The average Bonchev–Trinajstić information content (AvgIpc) is 2.61. The first kappa shape index (κ1) is 14.9. The van der Waals surface area contributed by atoms with E-state index in [-0.39, 0.29) is 5.24 Å². The third kappa shape index (κ3) is 3.34. The maximum absolute atomic E-state index is 11.4. The number of hydrogen-bond acceptors (Lipinski definition) is 3. The minimum atomic E-state index is -0.371. The van der Waals surface area contributed by atoms with Crippen molar-refractivity contribution in [3.8, 4) is 11.5 Å². The molecule has 0 fully saturated rings. The molecule has 0 aromatic heterocycles. The predicted molar refractivity (Wildman–Crippen MR) is 80.6 cm³/mol. The van der Waals surface area contributed by atoms with Crippen molar-refractivity contribution in [1.82, 2.24) is 0 Å². The van der Waals surface area contributed by atoms with Crippen molar-refractivity contribution in [3.05, 3.63) is 28.8 Å². The Hall–Kier alpha value is -1.48. The van der Waals surface area contributed by atoms with Crippen molar-refractivity contribution in [2.75, 3.05) is 13.2 Å². The topological polar surface area (TPSA) is 35.5 Å². The Bertz CT molecular complexity index is 535. The first-order valence-electron chi connectivity index (χ1n) is 6.98. The van der Waals surface area contributed by atoms with E-state index in [4.69, 9.17) is 21.1 Å². The zero-order valence-corrected chi connectivity index (χ0v) is 12.6. The molecule has 3 nitrogen and oxygen atoms in total. The van der Waals surface area contributed by atoms with Crippen LogP contribution in [0, 0.1) is 0 Å². The molecule has 1 aliphatic rings. The average molecular weight is 295 g/mol. The molecule has 0 atom stereocenters. The van der Waals surface area contributed by atoms with E-state index >= 15 is 0 Å². The van der Waals surface area contributed by atoms with E-state index in [2.05, 4.69) is 0 Å². The molecule has 0 unspecified atom stereocenters. The number of fused-ring (bicyclic) bond motifs is 1. The first-order valence-corrected chi connectivity index (χ1v) is 7.36. The quantitative estimate of drug-likeness (QED) is 0.771. The molecular weight excluding hydrogens is 276 g/mol. The molecule has 0 spiro atoms. The number of rotatable bonds is 5. The van der Waals surface area contributed by atoms with Gasteiger partial charge in [-0.25, -0.2) is 0 Å². The minimum Gasteiger partial charge on any atom is -0.490 e. The molecule has 0 saturated heterocycles. The zero-order valence-electron chi connectivity index (χ0n) is 11.9. The SMILES string of the molecule is CCOc1cc2c(cc1OCC)CCCC(C(=O)Cl)=C2. The molecule has 0 radical (unpaired) electrons. The highest BCUT2D eigenvalue weighted by molar-refractivity contribution is 6.68. The van der Waals surface area contributed by atoms with Crippen LogP contribution < -0.4 is 9.47 Å². The van der Waals surface area contributed by atoms with Crippen LogP contribution >= 0.6 is 11.6 Å². The third-order valence-corrected chi connectivity index (χ3v) is 3.52. The summed E-state index contributed by atoms with van der Waals surface area (Å²) in [6.07, 6.45) is 4.41. The molecular formula is C16H19ClO3. The second kappa shape index (κ2) is 6.80. The maximum Gasteiger partial charge on any atom is 0.248 e. The molecule has 4 heteroatoms. The van der Waals surface area contributed by atoms with E-state index < -0.39 is 0 Å². The van der Waals surface area contributed by atoms with Gasteiger partial charge in [-0.05, 0) is 74.0 Å². The summed E-state index contributed by atoms with van der Waals surface area (Å²) < 4.78 is 11.3. The van der Waals surface area contributed by atoms with Crippen molar-refractivity contribution in [3.63, 3.8) is 0 Å². The van der Waals surface area contributed by atoms with E-state index in [1.165, 1.54) is 5.56 Å². The fourth-order valence-electron chi connectivity index (χ4n) is 2.39. The molecule has 0 saturated carbocycles. The van der Waals surface area contributed by atoms with Gasteiger partial charge in [0.05, 0.1) is 13.2 Å². The van der Waals surface area contributed by atoms with E-state index in [0.717, 1.165) is 24.2 Å². The fourth-order valence-corrected chi connectivity index (χ4v) is 2.54. The lowest BCUT2D eigenvalue weighted by atomic mass is 10.0. The van der Waals surface area contributed by atoms with Gasteiger partial charge in [-0.2, -0.15) is 0 Å². The minimum absolute atomic E-state index is 0.371. The van der Waals surface area contributed by atoms with E-state index in [0.29, 0.717) is 31.0 Å². The van der Waals surface area contributed by atoms with Gasteiger partial charge in [0.2, 0.25) is 5.24 Å². The Labute approximate surface area is 124 Å². The Morgan fingerprint density at radius 3 is 2.40 bits per heavy atom. The van der Waals surface area contributed by atoms with Crippen LogP contribution in [0.3, 0.4) is 0 Å². The zero-order chi connectivity index (χ0) is 14.5. The lowest BCUT2D eigenvalue weighted by molar-refractivity contribution is -0.108. The summed E-state index contributed by atoms with van der Waals surface area (Å²) in [5.74, 6) is 1.48. The van der Waals surface area contributed by atoms with Crippen molar-refractivity contribution in [1.29, 1.82) is 0 Å². The summed E-state index contributed by atoms with van der Waals surface area (Å²) in [6.45, 7) is 5.06. The molecule has 1 aromatic rings. The van der Waals surface area contributed by atoms with Crippen molar-refractivity contribution in [2.24, 2.45) is 0 Å². The van der Waals surface area contributed by atoms with Gasteiger partial charge in [0, 0.05) is 5.57 Å². The van der Waals surface area contributed by atoms with Crippen LogP contribution in [0.2, 0.25) is 0 Å².